The van der Waals surface area contributed by atoms with E-state index in [0.717, 1.165) is 5.56 Å². The zero-order chi connectivity index (χ0) is 13.3. The molecule has 2 rings (SSSR count). The van der Waals surface area contributed by atoms with E-state index in [1.54, 1.807) is 21.1 Å². The Labute approximate surface area is 106 Å². The number of methoxy groups -OCH3 is 2. The van der Waals surface area contributed by atoms with Gasteiger partial charge in [0.1, 0.15) is 11.3 Å². The molecule has 1 aromatic rings. The van der Waals surface area contributed by atoms with Crippen LogP contribution in [0.25, 0.3) is 0 Å². The summed E-state index contributed by atoms with van der Waals surface area (Å²) in [5, 5.41) is 2.82. The summed E-state index contributed by atoms with van der Waals surface area (Å²) in [5.41, 5.74) is 6.80. The lowest BCUT2D eigenvalue weighted by Crippen LogP contribution is -2.62. The zero-order valence-electron chi connectivity index (χ0n) is 10.8. The van der Waals surface area contributed by atoms with Crippen molar-refractivity contribution in [1.29, 1.82) is 0 Å². The van der Waals surface area contributed by atoms with Gasteiger partial charge in [-0.2, -0.15) is 0 Å². The smallest absolute Gasteiger partial charge is 0.247 e. The number of fused-ring (bicyclic) bond motifs is 1. The Morgan fingerprint density at radius 1 is 1.44 bits per heavy atom. The van der Waals surface area contributed by atoms with Gasteiger partial charge in [0, 0.05) is 13.5 Å². The summed E-state index contributed by atoms with van der Waals surface area (Å²) < 4.78 is 10.4. The average Bonchev–Trinajstić information content (AvgIpc) is 2.38. The molecule has 0 radical (unpaired) electrons. The minimum Gasteiger partial charge on any atom is -0.495 e. The van der Waals surface area contributed by atoms with Crippen molar-refractivity contribution >= 4 is 11.6 Å². The molecule has 0 saturated heterocycles. The van der Waals surface area contributed by atoms with Crippen LogP contribution in [0, 0.1) is 0 Å². The Morgan fingerprint density at radius 3 is 2.78 bits per heavy atom. The van der Waals surface area contributed by atoms with Gasteiger partial charge in [0.15, 0.2) is 0 Å². The number of anilines is 1. The molecule has 0 aliphatic carbocycles. The number of hydrogen-bond acceptors (Lipinski definition) is 4. The molecule has 1 heterocycles. The molecule has 0 bridgehead atoms. The topological polar surface area (TPSA) is 73.6 Å². The lowest BCUT2D eigenvalue weighted by Gasteiger charge is -2.37. The van der Waals surface area contributed by atoms with Gasteiger partial charge in [-0.25, -0.2) is 0 Å². The third-order valence-corrected chi connectivity index (χ3v) is 3.56. The molecule has 5 heteroatoms. The van der Waals surface area contributed by atoms with E-state index in [2.05, 4.69) is 5.32 Å². The van der Waals surface area contributed by atoms with Crippen LogP contribution < -0.4 is 15.8 Å². The SMILES string of the molecule is COc1cccc2c1NC(=O)C(N)(C(C)OC)C2. The highest BCUT2D eigenvalue weighted by Crippen LogP contribution is 2.35. The van der Waals surface area contributed by atoms with Gasteiger partial charge in [0.25, 0.3) is 0 Å². The van der Waals surface area contributed by atoms with Gasteiger partial charge in [-0.05, 0) is 18.6 Å². The first-order chi connectivity index (χ1) is 8.52. The summed E-state index contributed by atoms with van der Waals surface area (Å²) >= 11 is 0. The molecule has 18 heavy (non-hydrogen) atoms. The van der Waals surface area contributed by atoms with Crippen LogP contribution in [0.5, 0.6) is 5.75 Å². The Morgan fingerprint density at radius 2 is 2.17 bits per heavy atom. The standard InChI is InChI=1S/C13H18N2O3/c1-8(17-2)13(14)7-9-5-4-6-10(18-3)11(9)15-12(13)16/h4-6,8H,7,14H2,1-3H3,(H,15,16). The molecule has 0 saturated carbocycles. The largest absolute Gasteiger partial charge is 0.495 e. The predicted molar refractivity (Wildman–Crippen MR) is 68.7 cm³/mol. The Bertz CT molecular complexity index is 475. The fraction of sp³-hybridized carbons (Fsp3) is 0.462. The average molecular weight is 250 g/mol. The number of hydrogen-bond donors (Lipinski definition) is 2. The van der Waals surface area contributed by atoms with Crippen LogP contribution >= 0.6 is 0 Å². The van der Waals surface area contributed by atoms with E-state index in [1.165, 1.54) is 0 Å². The summed E-state index contributed by atoms with van der Waals surface area (Å²) in [6.45, 7) is 1.80. The summed E-state index contributed by atoms with van der Waals surface area (Å²) in [5.74, 6) is 0.404. The number of carbonyl (C=O) groups excluding carboxylic acids is 1. The monoisotopic (exact) mass is 250 g/mol. The van der Waals surface area contributed by atoms with Gasteiger partial charge in [0.2, 0.25) is 5.91 Å². The van der Waals surface area contributed by atoms with Crippen molar-refractivity contribution < 1.29 is 14.3 Å². The molecular weight excluding hydrogens is 232 g/mol. The van der Waals surface area contributed by atoms with E-state index in [-0.39, 0.29) is 12.0 Å². The van der Waals surface area contributed by atoms with Crippen LogP contribution in [-0.4, -0.2) is 31.8 Å². The first-order valence-corrected chi connectivity index (χ1v) is 5.82. The van der Waals surface area contributed by atoms with Crippen molar-refractivity contribution in [3.63, 3.8) is 0 Å². The molecule has 1 aliphatic rings. The number of para-hydroxylation sites is 1. The zero-order valence-corrected chi connectivity index (χ0v) is 10.8. The second-order valence-corrected chi connectivity index (χ2v) is 4.54. The van der Waals surface area contributed by atoms with Gasteiger partial charge in [-0.15, -0.1) is 0 Å². The van der Waals surface area contributed by atoms with Crippen molar-refractivity contribution in [2.75, 3.05) is 19.5 Å². The van der Waals surface area contributed by atoms with Crippen molar-refractivity contribution in [2.24, 2.45) is 5.73 Å². The van der Waals surface area contributed by atoms with E-state index < -0.39 is 5.54 Å². The normalized spacial score (nSPS) is 24.1. The summed E-state index contributed by atoms with van der Waals surface area (Å²) in [6.07, 6.45) is 0.0669. The summed E-state index contributed by atoms with van der Waals surface area (Å²) in [4.78, 5) is 12.2. The molecule has 1 aromatic carbocycles. The number of ether oxygens (including phenoxy) is 2. The third kappa shape index (κ3) is 1.85. The minimum absolute atomic E-state index is 0.242. The second kappa shape index (κ2) is 4.59. The Hall–Kier alpha value is -1.59. The van der Waals surface area contributed by atoms with Gasteiger partial charge in [-0.3, -0.25) is 4.79 Å². The highest BCUT2D eigenvalue weighted by molar-refractivity contribution is 6.02. The molecule has 3 N–H and O–H groups in total. The molecule has 1 amide bonds. The van der Waals surface area contributed by atoms with Crippen LogP contribution in [0.2, 0.25) is 0 Å². The van der Waals surface area contributed by atoms with Gasteiger partial charge < -0.3 is 20.5 Å². The quantitative estimate of drug-likeness (QED) is 0.836. The minimum atomic E-state index is -1.05. The number of amides is 1. The molecule has 0 fully saturated rings. The van der Waals surface area contributed by atoms with Crippen LogP contribution in [0.1, 0.15) is 12.5 Å². The maximum Gasteiger partial charge on any atom is 0.247 e. The predicted octanol–water partition coefficient (Wildman–Crippen LogP) is 0.922. The summed E-state index contributed by atoms with van der Waals surface area (Å²) in [7, 11) is 3.12. The number of rotatable bonds is 3. The van der Waals surface area contributed by atoms with Crippen LogP contribution in [-0.2, 0) is 16.0 Å². The fourth-order valence-corrected chi connectivity index (χ4v) is 2.20. The molecule has 2 unspecified atom stereocenters. The van der Waals surface area contributed by atoms with E-state index in [9.17, 15) is 4.79 Å². The Kier molecular flexibility index (Phi) is 3.28. The maximum atomic E-state index is 12.2. The van der Waals surface area contributed by atoms with Crippen molar-refractivity contribution in [3.05, 3.63) is 23.8 Å². The van der Waals surface area contributed by atoms with E-state index in [0.29, 0.717) is 17.9 Å². The third-order valence-electron chi connectivity index (χ3n) is 3.56. The van der Waals surface area contributed by atoms with Crippen LogP contribution in [0.3, 0.4) is 0 Å². The Balaban J connectivity index is 2.43. The molecule has 98 valence electrons. The van der Waals surface area contributed by atoms with Crippen molar-refractivity contribution in [2.45, 2.75) is 25.0 Å². The number of nitrogens with two attached hydrogens (primary N) is 1. The van der Waals surface area contributed by atoms with Crippen LogP contribution in [0.15, 0.2) is 18.2 Å². The van der Waals surface area contributed by atoms with E-state index in [1.807, 2.05) is 18.2 Å². The fourth-order valence-electron chi connectivity index (χ4n) is 2.20. The second-order valence-electron chi connectivity index (χ2n) is 4.54. The molecule has 1 aliphatic heterocycles. The first kappa shape index (κ1) is 12.9. The first-order valence-electron chi connectivity index (χ1n) is 5.82. The highest BCUT2D eigenvalue weighted by atomic mass is 16.5. The van der Waals surface area contributed by atoms with E-state index in [4.69, 9.17) is 15.2 Å². The summed E-state index contributed by atoms with van der Waals surface area (Å²) in [6, 6.07) is 5.62. The number of carbonyl (C=O) groups is 1. The van der Waals surface area contributed by atoms with Crippen LogP contribution in [0.4, 0.5) is 5.69 Å². The maximum absolute atomic E-state index is 12.2. The molecule has 5 nitrogen and oxygen atoms in total. The van der Waals surface area contributed by atoms with Crippen molar-refractivity contribution in [1.82, 2.24) is 0 Å². The lowest BCUT2D eigenvalue weighted by molar-refractivity contribution is -0.126. The molecule has 2 atom stereocenters. The van der Waals surface area contributed by atoms with E-state index >= 15 is 0 Å². The number of benzene rings is 1. The van der Waals surface area contributed by atoms with Crippen molar-refractivity contribution in [3.8, 4) is 5.75 Å². The highest BCUT2D eigenvalue weighted by Gasteiger charge is 2.44. The van der Waals surface area contributed by atoms with Gasteiger partial charge in [0.05, 0.1) is 18.9 Å². The molecular formula is C13H18N2O3. The van der Waals surface area contributed by atoms with Gasteiger partial charge >= 0.3 is 0 Å². The van der Waals surface area contributed by atoms with Gasteiger partial charge in [-0.1, -0.05) is 12.1 Å². The lowest BCUT2D eigenvalue weighted by atomic mass is 9.82. The molecule has 0 spiro atoms. The molecule has 0 aromatic heterocycles. The number of nitrogens with one attached hydrogen (secondary N) is 1.